The quantitative estimate of drug-likeness (QED) is 0.673. The summed E-state index contributed by atoms with van der Waals surface area (Å²) in [7, 11) is 1.00. The first kappa shape index (κ1) is 18.3. The van der Waals surface area contributed by atoms with Crippen LogP contribution in [0.5, 0.6) is 0 Å². The summed E-state index contributed by atoms with van der Waals surface area (Å²) in [5, 5.41) is 14.4. The molecule has 0 aromatic carbocycles. The molecule has 0 rings (SSSR count). The van der Waals surface area contributed by atoms with E-state index >= 15 is 0 Å². The molecule has 0 saturated carbocycles. The van der Waals surface area contributed by atoms with Crippen molar-refractivity contribution >= 4 is 5.97 Å². The molecule has 13 heavy (non-hydrogen) atoms. The van der Waals surface area contributed by atoms with Crippen molar-refractivity contribution in [3.8, 4) is 0 Å². The van der Waals surface area contributed by atoms with Gasteiger partial charge in [0.1, 0.15) is 0 Å². The lowest BCUT2D eigenvalue weighted by molar-refractivity contribution is -0.134. The number of hydrogen-bond donors (Lipinski definition) is 2. The predicted octanol–water partition coefficient (Wildman–Crippen LogP) is 2.68. The number of carboxylic acids is 1. The standard InChI is InChI=1S/C7H16.C2H4O2.CH4O/c1-3-5-7-6-4-2;1-2(3)4;1-2/h3-7H2,1-2H3;1H3,(H,3,4);2H,1H3. The van der Waals surface area contributed by atoms with Gasteiger partial charge in [0.2, 0.25) is 0 Å². The molecule has 0 bridgehead atoms. The van der Waals surface area contributed by atoms with Gasteiger partial charge >= 0.3 is 0 Å². The molecule has 0 radical (unpaired) electrons. The zero-order chi connectivity index (χ0) is 11.1. The molecule has 0 unspecified atom stereocenters. The van der Waals surface area contributed by atoms with E-state index in [1.807, 2.05) is 0 Å². The first-order valence-corrected chi connectivity index (χ1v) is 4.79. The molecule has 3 nitrogen and oxygen atoms in total. The summed E-state index contributed by atoms with van der Waals surface area (Å²) in [4.78, 5) is 9.00. The van der Waals surface area contributed by atoms with E-state index in [4.69, 9.17) is 15.0 Å². The van der Waals surface area contributed by atoms with E-state index in [1.165, 1.54) is 32.1 Å². The third-order valence-corrected chi connectivity index (χ3v) is 1.21. The fraction of sp³-hybridized carbons (Fsp3) is 0.900. The highest BCUT2D eigenvalue weighted by Crippen LogP contribution is 2.00. The first-order valence-electron chi connectivity index (χ1n) is 4.79. The topological polar surface area (TPSA) is 57.5 Å². The summed E-state index contributed by atoms with van der Waals surface area (Å²) < 4.78 is 0. The van der Waals surface area contributed by atoms with Crippen LogP contribution in [0, 0.1) is 0 Å². The zero-order valence-corrected chi connectivity index (χ0v) is 9.34. The average molecular weight is 192 g/mol. The van der Waals surface area contributed by atoms with E-state index in [1.54, 1.807) is 0 Å². The van der Waals surface area contributed by atoms with Gasteiger partial charge in [0.05, 0.1) is 0 Å². The molecule has 2 N–H and O–H groups in total. The van der Waals surface area contributed by atoms with Crippen molar-refractivity contribution in [1.82, 2.24) is 0 Å². The van der Waals surface area contributed by atoms with Crippen LogP contribution < -0.4 is 0 Å². The van der Waals surface area contributed by atoms with Crippen molar-refractivity contribution in [3.63, 3.8) is 0 Å². The predicted molar refractivity (Wildman–Crippen MR) is 55.9 cm³/mol. The van der Waals surface area contributed by atoms with Gasteiger partial charge < -0.3 is 10.2 Å². The van der Waals surface area contributed by atoms with Crippen LogP contribution >= 0.6 is 0 Å². The van der Waals surface area contributed by atoms with Crippen molar-refractivity contribution in [3.05, 3.63) is 0 Å². The van der Waals surface area contributed by atoms with Crippen LogP contribution in [0.1, 0.15) is 52.9 Å². The van der Waals surface area contributed by atoms with Crippen LogP contribution in [0.25, 0.3) is 0 Å². The second-order valence-corrected chi connectivity index (χ2v) is 2.58. The Labute approximate surface area is 81.8 Å². The fourth-order valence-electron chi connectivity index (χ4n) is 0.677. The van der Waals surface area contributed by atoms with Crippen molar-refractivity contribution in [1.29, 1.82) is 0 Å². The Bertz CT molecular complexity index is 74.2. The van der Waals surface area contributed by atoms with E-state index in [0.29, 0.717) is 0 Å². The van der Waals surface area contributed by atoms with Gasteiger partial charge in [-0.2, -0.15) is 0 Å². The number of rotatable bonds is 4. The maximum atomic E-state index is 9.00. The minimum Gasteiger partial charge on any atom is -0.481 e. The van der Waals surface area contributed by atoms with Crippen LogP contribution in [-0.2, 0) is 4.79 Å². The molecule has 0 aliphatic rings. The second kappa shape index (κ2) is 22.5. The zero-order valence-electron chi connectivity index (χ0n) is 9.34. The number of aliphatic hydroxyl groups is 1. The summed E-state index contributed by atoms with van der Waals surface area (Å²) in [6.07, 6.45) is 7.01. The van der Waals surface area contributed by atoms with E-state index in [-0.39, 0.29) is 0 Å². The monoisotopic (exact) mass is 192 g/mol. The number of carbonyl (C=O) groups is 1. The van der Waals surface area contributed by atoms with Gasteiger partial charge in [0, 0.05) is 14.0 Å². The van der Waals surface area contributed by atoms with Gasteiger partial charge in [-0.25, -0.2) is 0 Å². The Morgan fingerprint density at radius 3 is 1.38 bits per heavy atom. The molecule has 0 saturated heterocycles. The molecule has 0 aliphatic heterocycles. The van der Waals surface area contributed by atoms with Gasteiger partial charge in [-0.1, -0.05) is 46.0 Å². The summed E-state index contributed by atoms with van der Waals surface area (Å²) in [6, 6.07) is 0. The van der Waals surface area contributed by atoms with Gasteiger partial charge in [0.15, 0.2) is 0 Å². The normalized spacial score (nSPS) is 7.46. The van der Waals surface area contributed by atoms with Crippen molar-refractivity contribution < 1.29 is 15.0 Å². The van der Waals surface area contributed by atoms with Crippen LogP contribution in [0.2, 0.25) is 0 Å². The molecule has 0 heterocycles. The maximum Gasteiger partial charge on any atom is 0.300 e. The van der Waals surface area contributed by atoms with Gasteiger partial charge in [0.25, 0.3) is 5.97 Å². The number of carboxylic acid groups (broad SMARTS) is 1. The molecule has 82 valence electrons. The number of aliphatic hydroxyl groups excluding tert-OH is 1. The Morgan fingerprint density at radius 1 is 1.00 bits per heavy atom. The average Bonchev–Trinajstić information content (AvgIpc) is 2.08. The van der Waals surface area contributed by atoms with Crippen molar-refractivity contribution in [2.75, 3.05) is 7.11 Å². The summed E-state index contributed by atoms with van der Waals surface area (Å²) in [6.45, 7) is 5.57. The summed E-state index contributed by atoms with van der Waals surface area (Å²) >= 11 is 0. The highest BCUT2D eigenvalue weighted by molar-refractivity contribution is 5.62. The molecule has 0 atom stereocenters. The van der Waals surface area contributed by atoms with Crippen LogP contribution in [0.15, 0.2) is 0 Å². The van der Waals surface area contributed by atoms with Crippen LogP contribution in [0.3, 0.4) is 0 Å². The fourth-order valence-corrected chi connectivity index (χ4v) is 0.677. The molecular formula is C10H24O3. The SMILES string of the molecule is CC(=O)O.CCCCCCC.CO. The Hall–Kier alpha value is -0.570. The lowest BCUT2D eigenvalue weighted by Crippen LogP contribution is -1.78. The highest BCUT2D eigenvalue weighted by Gasteiger charge is 1.80. The molecular weight excluding hydrogens is 168 g/mol. The Morgan fingerprint density at radius 2 is 1.23 bits per heavy atom. The summed E-state index contributed by atoms with van der Waals surface area (Å²) in [5.41, 5.74) is 0. The molecule has 0 amide bonds. The van der Waals surface area contributed by atoms with E-state index in [2.05, 4.69) is 13.8 Å². The molecule has 0 aromatic heterocycles. The number of unbranched alkanes of at least 4 members (excludes halogenated alkanes) is 4. The summed E-state index contributed by atoms with van der Waals surface area (Å²) in [5.74, 6) is -0.833. The molecule has 0 aromatic rings. The third kappa shape index (κ3) is 86.4. The van der Waals surface area contributed by atoms with Gasteiger partial charge in [-0.3, -0.25) is 4.79 Å². The number of aliphatic carboxylic acids is 1. The van der Waals surface area contributed by atoms with Gasteiger partial charge in [-0.15, -0.1) is 0 Å². The Balaban J connectivity index is -0.000000142. The van der Waals surface area contributed by atoms with E-state index in [0.717, 1.165) is 14.0 Å². The largest absolute Gasteiger partial charge is 0.481 e. The van der Waals surface area contributed by atoms with Crippen LogP contribution in [-0.4, -0.2) is 23.3 Å². The minimum absolute atomic E-state index is 0.833. The molecule has 0 fully saturated rings. The van der Waals surface area contributed by atoms with Gasteiger partial charge in [-0.05, 0) is 0 Å². The smallest absolute Gasteiger partial charge is 0.300 e. The van der Waals surface area contributed by atoms with Crippen LogP contribution in [0.4, 0.5) is 0 Å². The molecule has 3 heteroatoms. The lowest BCUT2D eigenvalue weighted by Gasteiger charge is -1.90. The number of hydrogen-bond acceptors (Lipinski definition) is 2. The Kier molecular flexibility index (Phi) is 31.6. The molecule has 0 aliphatic carbocycles. The first-order chi connectivity index (χ1) is 6.15. The van der Waals surface area contributed by atoms with Crippen molar-refractivity contribution in [2.45, 2.75) is 52.9 Å². The lowest BCUT2D eigenvalue weighted by atomic mass is 10.2. The van der Waals surface area contributed by atoms with E-state index in [9.17, 15) is 0 Å². The van der Waals surface area contributed by atoms with E-state index < -0.39 is 5.97 Å². The second-order valence-electron chi connectivity index (χ2n) is 2.58. The third-order valence-electron chi connectivity index (χ3n) is 1.21. The minimum atomic E-state index is -0.833. The highest BCUT2D eigenvalue weighted by atomic mass is 16.4. The van der Waals surface area contributed by atoms with Crippen molar-refractivity contribution in [2.24, 2.45) is 0 Å². The maximum absolute atomic E-state index is 9.00. The molecule has 0 spiro atoms.